The molecule has 1 saturated heterocycles. The van der Waals surface area contributed by atoms with Gasteiger partial charge in [0.1, 0.15) is 0 Å². The number of hydrogen-bond acceptors (Lipinski definition) is 3. The van der Waals surface area contributed by atoms with E-state index in [4.69, 9.17) is 23.2 Å². The zero-order valence-electron chi connectivity index (χ0n) is 22.6. The fraction of sp³-hybridized carbons (Fsp3) is 0.500. The number of benzene rings is 2. The molecule has 2 aromatic rings. The van der Waals surface area contributed by atoms with E-state index in [9.17, 15) is 13.2 Å². The Balaban J connectivity index is 1.86. The summed E-state index contributed by atoms with van der Waals surface area (Å²) in [6, 6.07) is 14.9. The van der Waals surface area contributed by atoms with E-state index in [0.29, 0.717) is 22.9 Å². The van der Waals surface area contributed by atoms with Crippen molar-refractivity contribution in [1.82, 2.24) is 9.62 Å². The first-order valence-corrected chi connectivity index (χ1v) is 15.4. The molecule has 1 aliphatic carbocycles. The lowest BCUT2D eigenvalue weighted by Gasteiger charge is -2.52. The molecule has 1 aliphatic heterocycles. The first-order valence-electron chi connectivity index (χ1n) is 13.2. The van der Waals surface area contributed by atoms with Crippen molar-refractivity contribution in [2.24, 2.45) is 11.3 Å². The lowest BCUT2D eigenvalue weighted by molar-refractivity contribution is -0.155. The highest BCUT2D eigenvalue weighted by molar-refractivity contribution is 7.90. The number of amides is 1. The maximum atomic E-state index is 14.5. The monoisotopic (exact) mass is 576 g/mol. The Morgan fingerprint density at radius 3 is 2.32 bits per heavy atom. The Morgan fingerprint density at radius 1 is 1.11 bits per heavy atom. The quantitative estimate of drug-likeness (QED) is 0.323. The third-order valence-electron chi connectivity index (χ3n) is 8.00. The molecular formula is C30H38Cl2N2O3S. The molecule has 4 rings (SSSR count). The van der Waals surface area contributed by atoms with Gasteiger partial charge in [0.15, 0.2) is 0 Å². The molecule has 2 aromatic carbocycles. The number of sulfonamides is 1. The minimum atomic E-state index is -3.59. The van der Waals surface area contributed by atoms with Crippen LogP contribution in [0.25, 0.3) is 0 Å². The molecule has 0 spiro atoms. The molecule has 4 atom stereocenters. The Hall–Kier alpha value is -1.86. The van der Waals surface area contributed by atoms with Crippen LogP contribution in [0.5, 0.6) is 0 Å². The van der Waals surface area contributed by atoms with Gasteiger partial charge in [0.05, 0.1) is 16.2 Å². The van der Waals surface area contributed by atoms with Crippen molar-refractivity contribution in [3.63, 3.8) is 0 Å². The number of carbonyl (C=O) groups excluding carboxylic acids is 1. The SMILES string of the molecule is C=CC[C@@]1(C)C[C@H](c2cccc(Cl)c2)[C@@H](c2ccc(Cl)cc2)N([C@@H](CNS(=O)(=O)C(C)(C)C)C2CC2)C1=O. The molecular weight excluding hydrogens is 539 g/mol. The summed E-state index contributed by atoms with van der Waals surface area (Å²) in [6.45, 7) is 11.2. The van der Waals surface area contributed by atoms with Gasteiger partial charge in [-0.2, -0.15) is 0 Å². The maximum absolute atomic E-state index is 14.5. The Morgan fingerprint density at radius 2 is 1.76 bits per heavy atom. The lowest BCUT2D eigenvalue weighted by Crippen LogP contribution is -2.59. The Labute approximate surface area is 237 Å². The highest BCUT2D eigenvalue weighted by atomic mass is 35.5. The normalized spacial score (nSPS) is 25.3. The van der Waals surface area contributed by atoms with E-state index < -0.39 is 20.2 Å². The van der Waals surface area contributed by atoms with E-state index in [0.717, 1.165) is 24.0 Å². The molecule has 38 heavy (non-hydrogen) atoms. The van der Waals surface area contributed by atoms with Crippen LogP contribution in [0.2, 0.25) is 10.0 Å². The number of likely N-dealkylation sites (tertiary alicyclic amines) is 1. The molecule has 5 nitrogen and oxygen atoms in total. The highest BCUT2D eigenvalue weighted by Gasteiger charge is 2.53. The summed E-state index contributed by atoms with van der Waals surface area (Å²) in [4.78, 5) is 16.5. The third kappa shape index (κ3) is 5.99. The molecule has 1 amide bonds. The van der Waals surface area contributed by atoms with Crippen LogP contribution in [0, 0.1) is 11.3 Å². The average molecular weight is 578 g/mol. The van der Waals surface area contributed by atoms with E-state index in [2.05, 4.69) is 17.4 Å². The summed E-state index contributed by atoms with van der Waals surface area (Å²) < 4.78 is 28.0. The number of piperidine rings is 1. The van der Waals surface area contributed by atoms with Crippen molar-refractivity contribution in [1.29, 1.82) is 0 Å². The summed E-state index contributed by atoms with van der Waals surface area (Å²) in [5.74, 6) is 0.197. The van der Waals surface area contributed by atoms with Crippen LogP contribution in [0.1, 0.15) is 76.5 Å². The zero-order valence-corrected chi connectivity index (χ0v) is 24.9. The number of halogens is 2. The summed E-state index contributed by atoms with van der Waals surface area (Å²) in [6.07, 6.45) is 4.87. The molecule has 1 heterocycles. The van der Waals surface area contributed by atoms with Crippen LogP contribution >= 0.6 is 23.2 Å². The second-order valence-electron chi connectivity index (χ2n) is 12.0. The standard InChI is InChI=1S/C30H38Cl2N2O3S/c1-6-16-30(5)18-25(22-8-7-9-24(32)17-22)27(21-12-14-23(31)15-13-21)34(28(30)35)26(20-10-11-20)19-33-38(36,37)29(2,3)4/h6-9,12-15,17,20,25-27,33H,1,10-11,16,18-19H2,2-5H3/t25-,26+,27-,30+/m1/s1. The van der Waals surface area contributed by atoms with Gasteiger partial charge in [-0.05, 0) is 87.8 Å². The van der Waals surface area contributed by atoms with Gasteiger partial charge in [0.25, 0.3) is 0 Å². The van der Waals surface area contributed by atoms with Crippen molar-refractivity contribution < 1.29 is 13.2 Å². The summed E-state index contributed by atoms with van der Waals surface area (Å²) in [7, 11) is -3.59. The number of carbonyl (C=O) groups is 1. The first-order chi connectivity index (χ1) is 17.8. The molecule has 8 heteroatoms. The topological polar surface area (TPSA) is 66.5 Å². The molecule has 1 saturated carbocycles. The van der Waals surface area contributed by atoms with Crippen LogP contribution in [0.15, 0.2) is 61.2 Å². The van der Waals surface area contributed by atoms with Crippen molar-refractivity contribution in [2.75, 3.05) is 6.54 Å². The average Bonchev–Trinajstić information content (AvgIpc) is 3.67. The molecule has 206 valence electrons. The Bertz CT molecular complexity index is 1290. The number of hydrogen-bond donors (Lipinski definition) is 1. The smallest absolute Gasteiger partial charge is 0.229 e. The van der Waals surface area contributed by atoms with Crippen molar-refractivity contribution in [2.45, 2.75) is 76.1 Å². The fourth-order valence-corrected chi connectivity index (χ4v) is 6.79. The highest BCUT2D eigenvalue weighted by Crippen LogP contribution is 2.54. The minimum Gasteiger partial charge on any atom is -0.330 e. The van der Waals surface area contributed by atoms with Gasteiger partial charge in [-0.3, -0.25) is 4.79 Å². The van der Waals surface area contributed by atoms with Gasteiger partial charge < -0.3 is 4.90 Å². The van der Waals surface area contributed by atoms with Crippen LogP contribution in [-0.2, 0) is 14.8 Å². The van der Waals surface area contributed by atoms with Gasteiger partial charge in [0.2, 0.25) is 15.9 Å². The van der Waals surface area contributed by atoms with Gasteiger partial charge in [-0.25, -0.2) is 13.1 Å². The second-order valence-corrected chi connectivity index (χ2v) is 15.4. The lowest BCUT2D eigenvalue weighted by atomic mass is 9.67. The molecule has 0 bridgehead atoms. The predicted molar refractivity (Wildman–Crippen MR) is 156 cm³/mol. The van der Waals surface area contributed by atoms with Crippen molar-refractivity contribution >= 4 is 39.1 Å². The fourth-order valence-electron chi connectivity index (χ4n) is 5.64. The molecule has 0 radical (unpaired) electrons. The number of nitrogens with zero attached hydrogens (tertiary/aromatic N) is 1. The van der Waals surface area contributed by atoms with E-state index in [-0.39, 0.29) is 36.4 Å². The molecule has 2 fully saturated rings. The van der Waals surface area contributed by atoms with Crippen LogP contribution in [0.4, 0.5) is 0 Å². The van der Waals surface area contributed by atoms with Gasteiger partial charge in [-0.1, -0.05) is 60.5 Å². The molecule has 2 aliphatic rings. The maximum Gasteiger partial charge on any atom is 0.229 e. The van der Waals surface area contributed by atoms with Crippen LogP contribution in [-0.4, -0.2) is 36.6 Å². The summed E-state index contributed by atoms with van der Waals surface area (Å²) in [5, 5.41) is 1.26. The first kappa shape index (κ1) is 29.1. The van der Waals surface area contributed by atoms with E-state index in [1.807, 2.05) is 60.4 Å². The molecule has 1 N–H and O–H groups in total. The summed E-state index contributed by atoms with van der Waals surface area (Å²) >= 11 is 12.7. The predicted octanol–water partition coefficient (Wildman–Crippen LogP) is 7.13. The second kappa shape index (κ2) is 11.0. The number of allylic oxidation sites excluding steroid dienone is 1. The van der Waals surface area contributed by atoms with E-state index in [1.54, 1.807) is 20.8 Å². The largest absolute Gasteiger partial charge is 0.330 e. The van der Waals surface area contributed by atoms with Crippen molar-refractivity contribution in [3.8, 4) is 0 Å². The van der Waals surface area contributed by atoms with E-state index in [1.165, 1.54) is 0 Å². The van der Waals surface area contributed by atoms with Crippen LogP contribution in [0.3, 0.4) is 0 Å². The minimum absolute atomic E-state index is 0.0301. The van der Waals surface area contributed by atoms with Gasteiger partial charge >= 0.3 is 0 Å². The molecule has 0 unspecified atom stereocenters. The molecule has 0 aromatic heterocycles. The zero-order chi connectivity index (χ0) is 27.9. The third-order valence-corrected chi connectivity index (χ3v) is 10.6. The Kier molecular flexibility index (Phi) is 8.40. The summed E-state index contributed by atoms with van der Waals surface area (Å²) in [5.41, 5.74) is 1.33. The van der Waals surface area contributed by atoms with E-state index >= 15 is 0 Å². The van der Waals surface area contributed by atoms with Gasteiger partial charge in [-0.15, -0.1) is 6.58 Å². The van der Waals surface area contributed by atoms with Crippen molar-refractivity contribution in [3.05, 3.63) is 82.4 Å². The number of nitrogens with one attached hydrogen (secondary N) is 1. The van der Waals surface area contributed by atoms with Gasteiger partial charge in [0, 0.05) is 28.5 Å². The van der Waals surface area contributed by atoms with Crippen LogP contribution < -0.4 is 4.72 Å². The number of rotatable bonds is 9.